The number of anilines is 9. The summed E-state index contributed by atoms with van der Waals surface area (Å²) in [4.78, 5) is 23.7. The van der Waals surface area contributed by atoms with Crippen LogP contribution in [-0.4, -0.2) is 15.0 Å². The molecule has 294 valence electrons. The van der Waals surface area contributed by atoms with Crippen LogP contribution in [0, 0.1) is 0 Å². The molecule has 0 spiro atoms. The van der Waals surface area contributed by atoms with Gasteiger partial charge in [0.15, 0.2) is 0 Å². The third-order valence-corrected chi connectivity index (χ3v) is 12.6. The highest BCUT2D eigenvalue weighted by molar-refractivity contribution is 6.05. The van der Waals surface area contributed by atoms with Gasteiger partial charge in [0.25, 0.3) is 0 Å². The third-order valence-electron chi connectivity index (χ3n) is 12.6. The van der Waals surface area contributed by atoms with Crippen molar-refractivity contribution in [2.45, 2.75) is 0 Å². The summed E-state index contributed by atoms with van der Waals surface area (Å²) >= 11 is 0. The van der Waals surface area contributed by atoms with Gasteiger partial charge in [0.05, 0.1) is 34.1 Å². The van der Waals surface area contributed by atoms with Crippen LogP contribution in [0.1, 0.15) is 0 Å². The maximum Gasteiger partial charge on any atom is 0.241 e. The molecular formula is C57H36N6. The van der Waals surface area contributed by atoms with Crippen LogP contribution < -0.4 is 14.7 Å². The molecule has 0 bridgehead atoms. The highest BCUT2D eigenvalue weighted by Gasteiger charge is 2.34. The Morgan fingerprint density at radius 2 is 0.317 bits per heavy atom. The normalized spacial score (nSPS) is 12.7. The molecule has 0 N–H and O–H groups in total. The van der Waals surface area contributed by atoms with E-state index in [0.29, 0.717) is 17.8 Å². The standard InChI is InChI=1S/C57H36N6/c1-2-20-38-37(19-1)43-25-7-13-31-49(43)61(50-32-14-8-26-44(38)50)55-58-56(62-51-33-15-9-27-45(51)39-21-3-4-22-40(39)46-28-10-16-34-52(46)62)60-57(59-55)63-53-35-17-11-29-47(53)41-23-5-6-24-42(41)48-30-12-18-36-54(48)63/h1-36H. The van der Waals surface area contributed by atoms with Crippen LogP contribution in [0.15, 0.2) is 218 Å². The first-order valence-electron chi connectivity index (χ1n) is 21.3. The van der Waals surface area contributed by atoms with Gasteiger partial charge >= 0.3 is 0 Å². The molecule has 63 heavy (non-hydrogen) atoms. The first-order valence-corrected chi connectivity index (χ1v) is 21.3. The van der Waals surface area contributed by atoms with Crippen LogP contribution in [0.3, 0.4) is 0 Å². The van der Waals surface area contributed by atoms with E-state index in [2.05, 4.69) is 233 Å². The number of fused-ring (bicyclic) bond motifs is 15. The van der Waals surface area contributed by atoms with Crippen molar-refractivity contribution in [1.82, 2.24) is 15.0 Å². The van der Waals surface area contributed by atoms with Crippen LogP contribution in [0.2, 0.25) is 0 Å². The average Bonchev–Trinajstić information content (AvgIpc) is 3.63. The van der Waals surface area contributed by atoms with Crippen LogP contribution in [-0.2, 0) is 0 Å². The molecule has 0 fully saturated rings. The molecule has 0 saturated heterocycles. The Morgan fingerprint density at radius 3 is 0.492 bits per heavy atom. The molecule has 0 unspecified atom stereocenters. The molecule has 0 atom stereocenters. The lowest BCUT2D eigenvalue weighted by Gasteiger charge is -2.31. The van der Waals surface area contributed by atoms with Crippen LogP contribution in [0.4, 0.5) is 52.0 Å². The van der Waals surface area contributed by atoms with E-state index < -0.39 is 0 Å². The van der Waals surface area contributed by atoms with Crippen molar-refractivity contribution in [2.75, 3.05) is 14.7 Å². The summed E-state index contributed by atoms with van der Waals surface area (Å²) in [5.41, 5.74) is 19.3. The number of rotatable bonds is 3. The number of para-hydroxylation sites is 6. The molecule has 0 amide bonds. The van der Waals surface area contributed by atoms with E-state index >= 15 is 0 Å². The molecule has 10 aromatic rings. The van der Waals surface area contributed by atoms with Gasteiger partial charge in [-0.15, -0.1) is 0 Å². The lowest BCUT2D eigenvalue weighted by Crippen LogP contribution is -2.23. The van der Waals surface area contributed by atoms with E-state index in [9.17, 15) is 0 Å². The summed E-state index contributed by atoms with van der Waals surface area (Å²) in [5, 5.41) is 0. The Balaban J connectivity index is 1.16. The highest BCUT2D eigenvalue weighted by atomic mass is 15.4. The monoisotopic (exact) mass is 804 g/mol. The Morgan fingerprint density at radius 1 is 0.175 bits per heavy atom. The lowest BCUT2D eigenvalue weighted by atomic mass is 9.95. The van der Waals surface area contributed by atoms with Crippen LogP contribution in [0.5, 0.6) is 0 Å². The summed E-state index contributed by atoms with van der Waals surface area (Å²) < 4.78 is 0. The molecule has 0 radical (unpaired) electrons. The van der Waals surface area contributed by atoms with E-state index in [0.717, 1.165) is 101 Å². The summed E-state index contributed by atoms with van der Waals surface area (Å²) in [6, 6.07) is 77.5. The van der Waals surface area contributed by atoms with Crippen molar-refractivity contribution < 1.29 is 0 Å². The summed E-state index contributed by atoms with van der Waals surface area (Å²) in [5.74, 6) is 1.49. The molecule has 6 nitrogen and oxygen atoms in total. The minimum absolute atomic E-state index is 0.496. The van der Waals surface area contributed by atoms with Gasteiger partial charge in [-0.3, -0.25) is 14.7 Å². The summed E-state index contributed by atoms with van der Waals surface area (Å²) in [6.07, 6.45) is 0. The molecule has 3 aliphatic rings. The Kier molecular flexibility index (Phi) is 7.80. The van der Waals surface area contributed by atoms with Crippen molar-refractivity contribution in [3.05, 3.63) is 218 Å². The van der Waals surface area contributed by atoms with Gasteiger partial charge in [0, 0.05) is 33.4 Å². The van der Waals surface area contributed by atoms with Crippen molar-refractivity contribution >= 4 is 52.0 Å². The molecule has 1 aromatic heterocycles. The average molecular weight is 805 g/mol. The smallest absolute Gasteiger partial charge is 0.241 e. The largest absolute Gasteiger partial charge is 0.278 e. The van der Waals surface area contributed by atoms with Crippen molar-refractivity contribution in [3.8, 4) is 66.8 Å². The van der Waals surface area contributed by atoms with Crippen molar-refractivity contribution in [1.29, 1.82) is 0 Å². The van der Waals surface area contributed by atoms with E-state index in [1.165, 1.54) is 0 Å². The number of hydrogen-bond donors (Lipinski definition) is 0. The van der Waals surface area contributed by atoms with Gasteiger partial charge in [-0.05, 0) is 69.8 Å². The van der Waals surface area contributed by atoms with Gasteiger partial charge in [-0.25, -0.2) is 0 Å². The number of hydrogen-bond acceptors (Lipinski definition) is 6. The molecule has 3 aliphatic heterocycles. The van der Waals surface area contributed by atoms with E-state index in [1.54, 1.807) is 0 Å². The molecule has 13 rings (SSSR count). The minimum Gasteiger partial charge on any atom is -0.278 e. The predicted molar refractivity (Wildman–Crippen MR) is 257 cm³/mol. The highest BCUT2D eigenvalue weighted by Crippen LogP contribution is 2.55. The van der Waals surface area contributed by atoms with Gasteiger partial charge in [0.1, 0.15) is 0 Å². The van der Waals surface area contributed by atoms with E-state index in [-0.39, 0.29) is 0 Å². The van der Waals surface area contributed by atoms with E-state index in [1.807, 2.05) is 0 Å². The second kappa shape index (κ2) is 14.0. The zero-order chi connectivity index (χ0) is 41.4. The topological polar surface area (TPSA) is 48.4 Å². The number of nitrogens with zero attached hydrogens (tertiary/aromatic N) is 6. The third kappa shape index (κ3) is 5.35. The fourth-order valence-electron chi connectivity index (χ4n) is 9.92. The van der Waals surface area contributed by atoms with E-state index in [4.69, 9.17) is 15.0 Å². The SMILES string of the molecule is c1ccc2c(c1)-c1ccccc1N(c1nc(N3c4ccccc4-c4ccccc4-c4ccccc43)nc(N3c4ccccc4-c4ccccc4-c4ccccc43)n1)c1ccccc1-2. The molecule has 4 heterocycles. The molecule has 6 heteroatoms. The Hall–Kier alpha value is -8.61. The second-order valence-electron chi connectivity index (χ2n) is 16.0. The fraction of sp³-hybridized carbons (Fsp3) is 0. The summed E-state index contributed by atoms with van der Waals surface area (Å²) in [6.45, 7) is 0. The van der Waals surface area contributed by atoms with Crippen LogP contribution in [0.25, 0.3) is 66.8 Å². The molecule has 9 aromatic carbocycles. The number of aromatic nitrogens is 3. The van der Waals surface area contributed by atoms with Crippen LogP contribution >= 0.6 is 0 Å². The second-order valence-corrected chi connectivity index (χ2v) is 16.0. The van der Waals surface area contributed by atoms with Gasteiger partial charge in [-0.2, -0.15) is 15.0 Å². The molecule has 0 aliphatic carbocycles. The lowest BCUT2D eigenvalue weighted by molar-refractivity contribution is 0.965. The van der Waals surface area contributed by atoms with Gasteiger partial charge in [-0.1, -0.05) is 182 Å². The van der Waals surface area contributed by atoms with Gasteiger partial charge in [0.2, 0.25) is 17.8 Å². The van der Waals surface area contributed by atoms with Crippen molar-refractivity contribution in [2.24, 2.45) is 0 Å². The van der Waals surface area contributed by atoms with Gasteiger partial charge < -0.3 is 0 Å². The fourth-order valence-corrected chi connectivity index (χ4v) is 9.92. The number of benzene rings is 9. The minimum atomic E-state index is 0.496. The summed E-state index contributed by atoms with van der Waals surface area (Å²) in [7, 11) is 0. The quantitative estimate of drug-likeness (QED) is 0.177. The van der Waals surface area contributed by atoms with Crippen molar-refractivity contribution in [3.63, 3.8) is 0 Å². The Bertz CT molecular complexity index is 2890. The Labute approximate surface area is 365 Å². The zero-order valence-corrected chi connectivity index (χ0v) is 34.0. The zero-order valence-electron chi connectivity index (χ0n) is 34.0. The maximum atomic E-state index is 5.66. The predicted octanol–water partition coefficient (Wildman–Crippen LogP) is 15.2. The molecular weight excluding hydrogens is 769 g/mol. The first kappa shape index (κ1) is 35.2. The molecule has 0 saturated carbocycles. The first-order chi connectivity index (χ1) is 31.3. The maximum absolute atomic E-state index is 5.66.